The third kappa shape index (κ3) is 4.06. The van der Waals surface area contributed by atoms with Gasteiger partial charge in [0, 0.05) is 30.9 Å². The molecule has 5 nitrogen and oxygen atoms in total. The van der Waals surface area contributed by atoms with E-state index < -0.39 is 0 Å². The maximum Gasteiger partial charge on any atom is 0.270 e. The highest BCUT2D eigenvalue weighted by Gasteiger charge is 2.19. The lowest BCUT2D eigenvalue weighted by molar-refractivity contribution is 0.0773. The van der Waals surface area contributed by atoms with Crippen LogP contribution in [0.3, 0.4) is 0 Å². The lowest BCUT2D eigenvalue weighted by atomic mass is 9.95. The quantitative estimate of drug-likeness (QED) is 0.909. The predicted octanol–water partition coefficient (Wildman–Crippen LogP) is 2.63. The van der Waals surface area contributed by atoms with Crippen molar-refractivity contribution < 1.29 is 9.59 Å². The molecule has 1 aromatic rings. The molecule has 0 spiro atoms. The minimum atomic E-state index is -0.180. The van der Waals surface area contributed by atoms with E-state index in [9.17, 15) is 9.59 Å². The van der Waals surface area contributed by atoms with Crippen LogP contribution in [0.2, 0.25) is 0 Å². The fourth-order valence-corrected chi connectivity index (χ4v) is 2.89. The smallest absolute Gasteiger partial charge is 0.270 e. The van der Waals surface area contributed by atoms with Gasteiger partial charge in [0.25, 0.3) is 11.8 Å². The van der Waals surface area contributed by atoms with E-state index in [2.05, 4.69) is 10.3 Å². The molecule has 1 aliphatic rings. The second-order valence-electron chi connectivity index (χ2n) is 5.72. The summed E-state index contributed by atoms with van der Waals surface area (Å²) in [5, 5.41) is 3.03. The summed E-state index contributed by atoms with van der Waals surface area (Å²) in [7, 11) is 0. The molecule has 1 aromatic heterocycles. The third-order valence-corrected chi connectivity index (χ3v) is 4.23. The highest BCUT2D eigenvalue weighted by Crippen LogP contribution is 2.17. The molecule has 2 rings (SSSR count). The van der Waals surface area contributed by atoms with Gasteiger partial charge in [0.15, 0.2) is 0 Å². The van der Waals surface area contributed by atoms with Crippen molar-refractivity contribution in [2.24, 2.45) is 0 Å². The number of nitrogens with one attached hydrogen (secondary N) is 1. The van der Waals surface area contributed by atoms with E-state index >= 15 is 0 Å². The minimum Gasteiger partial charge on any atom is -0.348 e. The van der Waals surface area contributed by atoms with E-state index in [1.54, 1.807) is 17.0 Å². The molecule has 0 unspecified atom stereocenters. The Balaban J connectivity index is 2.06. The molecular weight excluding hydrogens is 278 g/mol. The Labute approximate surface area is 132 Å². The summed E-state index contributed by atoms with van der Waals surface area (Å²) in [6, 6.07) is 3.50. The van der Waals surface area contributed by atoms with Crippen LogP contribution in [0.1, 0.15) is 66.8 Å². The highest BCUT2D eigenvalue weighted by molar-refractivity contribution is 5.98. The van der Waals surface area contributed by atoms with Crippen molar-refractivity contribution in [3.05, 3.63) is 29.6 Å². The van der Waals surface area contributed by atoms with Crippen molar-refractivity contribution in [1.29, 1.82) is 0 Å². The first-order chi connectivity index (χ1) is 10.7. The van der Waals surface area contributed by atoms with Gasteiger partial charge in [-0.2, -0.15) is 0 Å². The average Bonchev–Trinajstić information content (AvgIpc) is 2.57. The van der Waals surface area contributed by atoms with Crippen LogP contribution in [0.15, 0.2) is 18.3 Å². The molecule has 1 heterocycles. The molecular formula is C17H25N3O2. The topological polar surface area (TPSA) is 62.3 Å². The van der Waals surface area contributed by atoms with Crippen molar-refractivity contribution in [3.8, 4) is 0 Å². The lowest BCUT2D eigenvalue weighted by Crippen LogP contribution is -2.37. The van der Waals surface area contributed by atoms with Crippen molar-refractivity contribution in [2.75, 3.05) is 13.1 Å². The van der Waals surface area contributed by atoms with Crippen molar-refractivity contribution in [1.82, 2.24) is 15.2 Å². The lowest BCUT2D eigenvalue weighted by Gasteiger charge is -2.22. The van der Waals surface area contributed by atoms with Gasteiger partial charge in [0.05, 0.1) is 0 Å². The van der Waals surface area contributed by atoms with Crippen LogP contribution in [0.5, 0.6) is 0 Å². The molecule has 22 heavy (non-hydrogen) atoms. The number of carbonyl (C=O) groups is 2. The summed E-state index contributed by atoms with van der Waals surface area (Å²) in [6.07, 6.45) is 7.18. The Morgan fingerprint density at radius 3 is 2.55 bits per heavy atom. The second kappa shape index (κ2) is 7.92. The molecule has 2 amide bonds. The number of rotatable bonds is 5. The SMILES string of the molecule is CCN(CC)C(=O)c1ccnc(C(=O)NC2CCCCC2)c1. The molecule has 1 saturated carbocycles. The van der Waals surface area contributed by atoms with Crippen molar-refractivity contribution >= 4 is 11.8 Å². The average molecular weight is 303 g/mol. The minimum absolute atomic E-state index is 0.0564. The zero-order chi connectivity index (χ0) is 15.9. The first-order valence-electron chi connectivity index (χ1n) is 8.21. The van der Waals surface area contributed by atoms with Crippen LogP contribution < -0.4 is 5.32 Å². The van der Waals surface area contributed by atoms with Gasteiger partial charge in [-0.1, -0.05) is 19.3 Å². The Morgan fingerprint density at radius 1 is 1.23 bits per heavy atom. The summed E-state index contributed by atoms with van der Waals surface area (Å²) >= 11 is 0. The molecule has 0 aromatic carbocycles. The molecule has 0 bridgehead atoms. The van der Waals surface area contributed by atoms with E-state index in [-0.39, 0.29) is 17.9 Å². The molecule has 1 fully saturated rings. The Morgan fingerprint density at radius 2 is 1.91 bits per heavy atom. The van der Waals surface area contributed by atoms with Crippen molar-refractivity contribution in [3.63, 3.8) is 0 Å². The van der Waals surface area contributed by atoms with E-state index in [0.717, 1.165) is 12.8 Å². The van der Waals surface area contributed by atoms with Crippen LogP contribution in [0.25, 0.3) is 0 Å². The summed E-state index contributed by atoms with van der Waals surface area (Å²) in [5.74, 6) is -0.236. The monoisotopic (exact) mass is 303 g/mol. The van der Waals surface area contributed by atoms with Crippen LogP contribution in [0.4, 0.5) is 0 Å². The van der Waals surface area contributed by atoms with Gasteiger partial charge < -0.3 is 10.2 Å². The van der Waals surface area contributed by atoms with Gasteiger partial charge in [-0.3, -0.25) is 14.6 Å². The summed E-state index contributed by atoms with van der Waals surface area (Å²) in [6.45, 7) is 5.20. The molecule has 5 heteroatoms. The molecule has 1 aliphatic carbocycles. The predicted molar refractivity (Wildman–Crippen MR) is 85.8 cm³/mol. The first-order valence-corrected chi connectivity index (χ1v) is 8.21. The fourth-order valence-electron chi connectivity index (χ4n) is 2.89. The molecule has 0 atom stereocenters. The number of pyridine rings is 1. The summed E-state index contributed by atoms with van der Waals surface area (Å²) in [4.78, 5) is 30.5. The van der Waals surface area contributed by atoms with Gasteiger partial charge in [-0.05, 0) is 38.8 Å². The standard InChI is InChI=1S/C17H25N3O2/c1-3-20(4-2)17(22)13-10-11-18-15(12-13)16(21)19-14-8-6-5-7-9-14/h10-12,14H,3-9H2,1-2H3,(H,19,21). The Bertz CT molecular complexity index is 520. The normalized spacial score (nSPS) is 15.4. The van der Waals surface area contributed by atoms with Gasteiger partial charge >= 0.3 is 0 Å². The van der Waals surface area contributed by atoms with E-state index in [0.29, 0.717) is 24.3 Å². The number of carbonyl (C=O) groups excluding carboxylic acids is 2. The van der Waals surface area contributed by atoms with Crippen LogP contribution in [-0.4, -0.2) is 40.8 Å². The van der Waals surface area contributed by atoms with Crippen LogP contribution in [0, 0.1) is 0 Å². The maximum absolute atomic E-state index is 12.3. The Kier molecular flexibility index (Phi) is 5.92. The number of nitrogens with zero attached hydrogens (tertiary/aromatic N) is 2. The number of hydrogen-bond donors (Lipinski definition) is 1. The van der Waals surface area contributed by atoms with E-state index in [4.69, 9.17) is 0 Å². The van der Waals surface area contributed by atoms with E-state index in [1.807, 2.05) is 13.8 Å². The summed E-state index contributed by atoms with van der Waals surface area (Å²) < 4.78 is 0. The fraction of sp³-hybridized carbons (Fsp3) is 0.588. The number of amides is 2. The molecule has 0 saturated heterocycles. The first kappa shape index (κ1) is 16.5. The molecule has 1 N–H and O–H groups in total. The van der Waals surface area contributed by atoms with Gasteiger partial charge in [-0.25, -0.2) is 0 Å². The van der Waals surface area contributed by atoms with Crippen molar-refractivity contribution in [2.45, 2.75) is 52.0 Å². The number of aromatic nitrogens is 1. The largest absolute Gasteiger partial charge is 0.348 e. The van der Waals surface area contributed by atoms with Crippen LogP contribution >= 0.6 is 0 Å². The van der Waals surface area contributed by atoms with Gasteiger partial charge in [-0.15, -0.1) is 0 Å². The number of hydrogen-bond acceptors (Lipinski definition) is 3. The van der Waals surface area contributed by atoms with Gasteiger partial charge in [0.2, 0.25) is 0 Å². The van der Waals surface area contributed by atoms with Gasteiger partial charge in [0.1, 0.15) is 5.69 Å². The van der Waals surface area contributed by atoms with E-state index in [1.165, 1.54) is 25.5 Å². The zero-order valence-corrected chi connectivity index (χ0v) is 13.5. The third-order valence-electron chi connectivity index (χ3n) is 4.23. The maximum atomic E-state index is 12.3. The Hall–Kier alpha value is -1.91. The highest BCUT2D eigenvalue weighted by atomic mass is 16.2. The zero-order valence-electron chi connectivity index (χ0n) is 13.5. The summed E-state index contributed by atoms with van der Waals surface area (Å²) in [5.41, 5.74) is 0.844. The molecule has 0 aliphatic heterocycles. The van der Waals surface area contributed by atoms with Crippen LogP contribution in [-0.2, 0) is 0 Å². The molecule has 120 valence electrons. The molecule has 0 radical (unpaired) electrons. The second-order valence-corrected chi connectivity index (χ2v) is 5.72.